The maximum atomic E-state index is 12.8. The average molecular weight is 473 g/mol. The number of carbonyl (C=O) groups excluding carboxylic acids is 2. The first kappa shape index (κ1) is 20.7. The molecule has 4 rings (SSSR count). The molecule has 0 aliphatic heterocycles. The van der Waals surface area contributed by atoms with Gasteiger partial charge in [0.2, 0.25) is 0 Å². The Bertz CT molecular complexity index is 1130. The summed E-state index contributed by atoms with van der Waals surface area (Å²) in [6, 6.07) is 5.66. The molecule has 0 spiro atoms. The molecule has 3 aromatic rings. The molecule has 3 N–H and O–H groups in total. The van der Waals surface area contributed by atoms with Gasteiger partial charge in [-0.15, -0.1) is 0 Å². The number of aromatic nitrogens is 3. The summed E-state index contributed by atoms with van der Waals surface area (Å²) in [5, 5.41) is 3.66. The first-order chi connectivity index (χ1) is 14.3. The number of ether oxygens (including phenoxy) is 1. The molecular weight excluding hydrogens is 448 g/mol. The summed E-state index contributed by atoms with van der Waals surface area (Å²) in [4.78, 5) is 36.3. The lowest BCUT2D eigenvalue weighted by atomic mass is 9.75. The number of hydrogen-bond acceptors (Lipinski definition) is 4. The van der Waals surface area contributed by atoms with Crippen molar-refractivity contribution >= 4 is 38.7 Å². The van der Waals surface area contributed by atoms with Crippen molar-refractivity contribution in [2.75, 3.05) is 11.9 Å². The molecule has 1 amide bonds. The number of aromatic amines is 2. The Kier molecular flexibility index (Phi) is 5.44. The minimum Gasteiger partial charge on any atom is -0.493 e. The molecule has 0 saturated heterocycles. The number of alkyl halides is 1. The normalized spacial score (nSPS) is 15.3. The van der Waals surface area contributed by atoms with Crippen molar-refractivity contribution in [3.05, 3.63) is 46.5 Å². The quantitative estimate of drug-likeness (QED) is 0.470. The molecule has 0 saturated carbocycles. The van der Waals surface area contributed by atoms with Gasteiger partial charge in [0.1, 0.15) is 17.3 Å². The number of nitrogens with zero attached hydrogens (tertiary/aromatic N) is 1. The Morgan fingerprint density at radius 3 is 2.87 bits per heavy atom. The molecule has 1 aliphatic carbocycles. The minimum atomic E-state index is -0.241. The van der Waals surface area contributed by atoms with Crippen molar-refractivity contribution < 1.29 is 14.3 Å². The number of fused-ring (bicyclic) bond motifs is 2. The largest absolute Gasteiger partial charge is 0.493 e. The van der Waals surface area contributed by atoms with E-state index < -0.39 is 0 Å². The molecule has 0 radical (unpaired) electrons. The zero-order valence-corrected chi connectivity index (χ0v) is 18.9. The molecule has 2 heterocycles. The summed E-state index contributed by atoms with van der Waals surface area (Å²) < 4.78 is 5.61. The number of amides is 1. The number of rotatable bonds is 6. The smallest absolute Gasteiger partial charge is 0.268 e. The number of H-pyrrole nitrogens is 2. The summed E-state index contributed by atoms with van der Waals surface area (Å²) >= 11 is 3.34. The van der Waals surface area contributed by atoms with Crippen LogP contribution in [-0.2, 0) is 13.0 Å². The third kappa shape index (κ3) is 4.01. The number of carbonyl (C=O) groups is 2. The van der Waals surface area contributed by atoms with Crippen molar-refractivity contribution in [3.8, 4) is 5.75 Å². The van der Waals surface area contributed by atoms with Gasteiger partial charge in [0.05, 0.1) is 24.2 Å². The van der Waals surface area contributed by atoms with Gasteiger partial charge in [-0.25, -0.2) is 4.98 Å². The highest BCUT2D eigenvalue weighted by atomic mass is 79.9. The Morgan fingerprint density at radius 2 is 2.10 bits per heavy atom. The van der Waals surface area contributed by atoms with Crippen LogP contribution in [0.25, 0.3) is 11.0 Å². The molecule has 0 fully saturated rings. The minimum absolute atomic E-state index is 0.0967. The van der Waals surface area contributed by atoms with Crippen LogP contribution in [0.5, 0.6) is 5.75 Å². The van der Waals surface area contributed by atoms with Crippen molar-refractivity contribution in [1.82, 2.24) is 20.3 Å². The third-order valence-corrected chi connectivity index (χ3v) is 5.72. The van der Waals surface area contributed by atoms with Crippen LogP contribution >= 0.6 is 15.9 Å². The summed E-state index contributed by atoms with van der Waals surface area (Å²) in [7, 11) is 0. The predicted molar refractivity (Wildman–Crippen MR) is 119 cm³/mol. The monoisotopic (exact) mass is 472 g/mol. The summed E-state index contributed by atoms with van der Waals surface area (Å²) in [5.41, 5.74) is 4.28. The van der Waals surface area contributed by atoms with Gasteiger partial charge in [-0.05, 0) is 36.5 Å². The molecule has 8 heteroatoms. The number of hydrogen-bond donors (Lipinski definition) is 3. The lowest BCUT2D eigenvalue weighted by molar-refractivity contribution is 0.0909. The van der Waals surface area contributed by atoms with E-state index >= 15 is 0 Å². The zero-order chi connectivity index (χ0) is 21.5. The number of halogens is 1. The van der Waals surface area contributed by atoms with Crippen molar-refractivity contribution in [2.24, 2.45) is 5.41 Å². The summed E-state index contributed by atoms with van der Waals surface area (Å²) in [5.74, 6) is 1.28. The SMILES string of the molecule is Cc1c(C(=O)NCc2nc3ccc(OCCBr)cc3[nH]2)[nH]c2c1C(=O)CC(C)(C)C2. The molecule has 1 aliphatic rings. The molecule has 7 nitrogen and oxygen atoms in total. The fraction of sp³-hybridized carbons (Fsp3) is 0.409. The van der Waals surface area contributed by atoms with E-state index in [-0.39, 0.29) is 23.7 Å². The van der Waals surface area contributed by atoms with Crippen molar-refractivity contribution in [3.63, 3.8) is 0 Å². The number of nitrogens with one attached hydrogen (secondary N) is 3. The number of benzene rings is 1. The molecule has 30 heavy (non-hydrogen) atoms. The van der Waals surface area contributed by atoms with E-state index in [0.29, 0.717) is 30.1 Å². The standard InChI is InChI=1S/C22H25BrN4O3/c1-12-19-16(9-22(2,3)10-17(19)28)27-20(12)21(29)24-11-18-25-14-5-4-13(30-7-6-23)8-15(14)26-18/h4-5,8,27H,6-7,9-11H2,1-3H3,(H,24,29)(H,25,26). The van der Waals surface area contributed by atoms with Gasteiger partial charge in [-0.2, -0.15) is 0 Å². The Hall–Kier alpha value is -2.61. The average Bonchev–Trinajstić information content (AvgIpc) is 3.23. The van der Waals surface area contributed by atoms with E-state index in [0.717, 1.165) is 39.8 Å². The maximum absolute atomic E-state index is 12.8. The van der Waals surface area contributed by atoms with Gasteiger partial charge < -0.3 is 20.0 Å². The highest BCUT2D eigenvalue weighted by Crippen LogP contribution is 2.36. The highest BCUT2D eigenvalue weighted by Gasteiger charge is 2.35. The van der Waals surface area contributed by atoms with Gasteiger partial charge >= 0.3 is 0 Å². The third-order valence-electron chi connectivity index (χ3n) is 5.39. The zero-order valence-electron chi connectivity index (χ0n) is 17.3. The van der Waals surface area contributed by atoms with E-state index in [4.69, 9.17) is 4.74 Å². The van der Waals surface area contributed by atoms with Crippen LogP contribution in [0.4, 0.5) is 0 Å². The molecule has 2 aromatic heterocycles. The Labute approximate surface area is 183 Å². The molecule has 0 unspecified atom stereocenters. The number of ketones is 1. The second-order valence-electron chi connectivity index (χ2n) is 8.50. The van der Waals surface area contributed by atoms with Crippen LogP contribution in [0, 0.1) is 12.3 Å². The van der Waals surface area contributed by atoms with E-state index in [1.807, 2.05) is 25.1 Å². The van der Waals surface area contributed by atoms with Gasteiger partial charge in [-0.1, -0.05) is 29.8 Å². The fourth-order valence-corrected chi connectivity index (χ4v) is 4.25. The van der Waals surface area contributed by atoms with Crippen LogP contribution in [0.1, 0.15) is 58.2 Å². The molecule has 1 aromatic carbocycles. The van der Waals surface area contributed by atoms with Gasteiger partial charge in [0.15, 0.2) is 5.78 Å². The highest BCUT2D eigenvalue weighted by molar-refractivity contribution is 9.09. The fourth-order valence-electron chi connectivity index (χ4n) is 4.08. The van der Waals surface area contributed by atoms with Crippen LogP contribution in [0.15, 0.2) is 18.2 Å². The van der Waals surface area contributed by atoms with E-state index in [2.05, 4.69) is 50.0 Å². The van der Waals surface area contributed by atoms with Crippen LogP contribution in [0.2, 0.25) is 0 Å². The maximum Gasteiger partial charge on any atom is 0.268 e. The van der Waals surface area contributed by atoms with Gasteiger partial charge in [0, 0.05) is 29.1 Å². The van der Waals surface area contributed by atoms with Gasteiger partial charge in [-0.3, -0.25) is 9.59 Å². The van der Waals surface area contributed by atoms with E-state index in [1.54, 1.807) is 0 Å². The number of Topliss-reactive ketones (excluding diaryl/α,β-unsaturated/α-hetero) is 1. The van der Waals surface area contributed by atoms with Crippen molar-refractivity contribution in [2.45, 2.75) is 40.2 Å². The lowest BCUT2D eigenvalue weighted by Gasteiger charge is -2.28. The molecule has 0 bridgehead atoms. The van der Waals surface area contributed by atoms with Gasteiger partial charge in [0.25, 0.3) is 5.91 Å². The number of imidazole rings is 1. The Balaban J connectivity index is 1.48. The first-order valence-corrected chi connectivity index (χ1v) is 11.1. The molecule has 0 atom stereocenters. The van der Waals surface area contributed by atoms with Crippen LogP contribution in [-0.4, -0.2) is 38.6 Å². The van der Waals surface area contributed by atoms with Crippen LogP contribution < -0.4 is 10.1 Å². The second-order valence-corrected chi connectivity index (χ2v) is 9.30. The first-order valence-electron chi connectivity index (χ1n) is 9.97. The van der Waals surface area contributed by atoms with E-state index in [1.165, 1.54) is 0 Å². The molecule has 158 valence electrons. The topological polar surface area (TPSA) is 99.9 Å². The summed E-state index contributed by atoms with van der Waals surface area (Å²) in [6.07, 6.45) is 1.26. The van der Waals surface area contributed by atoms with Crippen LogP contribution in [0.3, 0.4) is 0 Å². The van der Waals surface area contributed by atoms with Crippen molar-refractivity contribution in [1.29, 1.82) is 0 Å². The molecular formula is C22H25BrN4O3. The van der Waals surface area contributed by atoms with E-state index in [9.17, 15) is 9.59 Å². The second kappa shape index (κ2) is 7.91. The lowest BCUT2D eigenvalue weighted by Crippen LogP contribution is -2.26. The predicted octanol–water partition coefficient (Wildman–Crippen LogP) is 4.06. The Morgan fingerprint density at radius 1 is 1.30 bits per heavy atom. The summed E-state index contributed by atoms with van der Waals surface area (Å²) in [6.45, 7) is 6.81.